The van der Waals surface area contributed by atoms with Crippen molar-refractivity contribution in [3.05, 3.63) is 53.1 Å². The number of hydrogen-bond acceptors (Lipinski definition) is 10. The van der Waals surface area contributed by atoms with Crippen LogP contribution >= 0.6 is 0 Å². The van der Waals surface area contributed by atoms with E-state index in [2.05, 4.69) is 72.9 Å². The van der Waals surface area contributed by atoms with Crippen LogP contribution in [0.1, 0.15) is 194 Å². The zero-order valence-corrected chi connectivity index (χ0v) is 48.0. The number of allylic oxidation sites excluding steroid dienone is 2. The monoisotopic (exact) mass is 1060 g/mol. The lowest BCUT2D eigenvalue weighted by Gasteiger charge is -2.58. The molecule has 0 radical (unpaired) electrons. The first kappa shape index (κ1) is 53.1. The van der Waals surface area contributed by atoms with Crippen LogP contribution in [-0.2, 0) is 38.0 Å². The topological polar surface area (TPSA) is 139 Å². The first-order valence-electron chi connectivity index (χ1n) is 31.3. The minimum Gasteiger partial charge on any atom is -0.507 e. The molecule has 0 aromatic heterocycles. The summed E-state index contributed by atoms with van der Waals surface area (Å²) in [5, 5.41) is 13.5. The third-order valence-corrected chi connectivity index (χ3v) is 25.6. The molecule has 0 bridgehead atoms. The molecule has 422 valence electrons. The highest BCUT2D eigenvalue weighted by molar-refractivity contribution is 5.99. The highest BCUT2D eigenvalue weighted by atomic mass is 16.7. The summed E-state index contributed by atoms with van der Waals surface area (Å²) in [5.41, 5.74) is 3.56. The quantitative estimate of drug-likeness (QED) is 0.191. The Morgan fingerprint density at radius 1 is 0.649 bits per heavy atom. The second-order valence-electron chi connectivity index (χ2n) is 29.3. The lowest BCUT2D eigenvalue weighted by Crippen LogP contribution is -2.52. The summed E-state index contributed by atoms with van der Waals surface area (Å²) in [4.78, 5) is 42.0. The van der Waals surface area contributed by atoms with E-state index in [4.69, 9.17) is 28.4 Å². The smallest absolute Gasteiger partial charge is 0.328 e. The van der Waals surface area contributed by atoms with Crippen molar-refractivity contribution < 1.29 is 47.9 Å². The maximum Gasteiger partial charge on any atom is 0.328 e. The zero-order chi connectivity index (χ0) is 53.6. The fraction of sp³-hybridized carbons (Fsp3) is 0.803. The van der Waals surface area contributed by atoms with Crippen molar-refractivity contribution in [3.8, 4) is 5.75 Å². The van der Waals surface area contributed by atoms with E-state index in [9.17, 15) is 19.5 Å². The van der Waals surface area contributed by atoms with Crippen LogP contribution in [-0.4, -0.2) is 78.2 Å². The van der Waals surface area contributed by atoms with Crippen molar-refractivity contribution in [2.75, 3.05) is 13.2 Å². The molecule has 1 amide bonds. The Morgan fingerprint density at radius 3 is 1.65 bits per heavy atom. The maximum absolute atomic E-state index is 14.4. The van der Waals surface area contributed by atoms with E-state index >= 15 is 0 Å². The SMILES string of the molecule is C[C@@H]1CC[C@@]2(OC1)O[C@H]1C[C@H]3[C@@H]4CC=C5C[C@@H](OC(=O)CC[C@@H](NC(=O)c6ccccc6O)C(=O)O[C@H]6CC[C@@]7(C)C(=CC[C@H]8[C@@H]9C[C@@H]%10O[C@]%11(CC[C@@H](C)CO%11)[C@@H](C)[C@@H]%10[C@@]9(C)CC[C@@H]87)C6)CC[C@]5(C)[C@H]4CC[C@]3(C)[C@H]1[C@@H]2C. The molecular weight excluding hydrogens is 967 g/mol. The molecule has 2 N–H and O–H groups in total. The molecule has 1 aromatic carbocycles. The number of hydrogen-bond donors (Lipinski definition) is 2. The van der Waals surface area contributed by atoms with E-state index in [1.165, 1.54) is 61.8 Å². The van der Waals surface area contributed by atoms with Crippen molar-refractivity contribution in [2.24, 2.45) is 92.7 Å². The molecule has 0 unspecified atom stereocenters. The molecule has 8 aliphatic carbocycles. The predicted molar refractivity (Wildman–Crippen MR) is 292 cm³/mol. The molecule has 2 spiro atoms. The standard InChI is InChI=1S/C66H93NO10/c1-37-19-29-65(72-35-37)39(3)57-54(76-65)33-50-45-15-13-41-31-43(21-25-61(41,5)48(45)23-27-63(50,57)7)74-56(69)18-17-52(67-59(70)47-11-9-10-12-53(47)68)60(71)75-44-22-26-62(6)42(32-44)14-16-46-49(62)24-28-64(8)51(46)34-55-58(64)40(4)66(77-55)30-20-38(2)36-73-66/h9-14,37-40,43-46,48-52,54-55,57-58,68H,15-36H2,1-8H3,(H,67,70)/t37-,38-,39+,40+,43+,44+,45-,46-,48+,49+,50+,51+,52-,54+,55+,57+,58+,61+,62+,63+,64+,65-,66-/m1/s1. The van der Waals surface area contributed by atoms with Gasteiger partial charge in [0.2, 0.25) is 0 Å². The van der Waals surface area contributed by atoms with E-state index in [-0.39, 0.29) is 76.2 Å². The number of para-hydroxylation sites is 1. The van der Waals surface area contributed by atoms with Crippen LogP contribution in [0.2, 0.25) is 0 Å². The summed E-state index contributed by atoms with van der Waals surface area (Å²) in [6.07, 6.45) is 23.6. The third kappa shape index (κ3) is 8.36. The van der Waals surface area contributed by atoms with Gasteiger partial charge in [-0.25, -0.2) is 4.79 Å². The number of nitrogens with one attached hydrogen (secondary N) is 1. The van der Waals surface area contributed by atoms with E-state index in [0.29, 0.717) is 77.4 Å². The maximum atomic E-state index is 14.4. The van der Waals surface area contributed by atoms with E-state index < -0.39 is 29.5 Å². The number of ether oxygens (including phenoxy) is 6. The average Bonchev–Trinajstić information content (AvgIpc) is 4.08. The van der Waals surface area contributed by atoms with Crippen LogP contribution in [0.5, 0.6) is 5.75 Å². The van der Waals surface area contributed by atoms with Gasteiger partial charge in [-0.2, -0.15) is 0 Å². The van der Waals surface area contributed by atoms with Crippen LogP contribution in [0.25, 0.3) is 0 Å². The van der Waals surface area contributed by atoms with Crippen molar-refractivity contribution in [1.29, 1.82) is 0 Å². The van der Waals surface area contributed by atoms with Gasteiger partial charge in [0, 0.05) is 43.9 Å². The largest absolute Gasteiger partial charge is 0.507 e. The molecule has 6 saturated carbocycles. The Balaban J connectivity index is 0.639. The summed E-state index contributed by atoms with van der Waals surface area (Å²) in [5.74, 6) is 4.31. The van der Waals surface area contributed by atoms with Crippen LogP contribution in [0.3, 0.4) is 0 Å². The summed E-state index contributed by atoms with van der Waals surface area (Å²) < 4.78 is 39.9. The molecule has 4 heterocycles. The highest BCUT2D eigenvalue weighted by Gasteiger charge is 2.71. The molecular formula is C66H93NO10. The van der Waals surface area contributed by atoms with Crippen molar-refractivity contribution >= 4 is 17.8 Å². The first-order valence-corrected chi connectivity index (χ1v) is 31.3. The Hall–Kier alpha value is -3.25. The van der Waals surface area contributed by atoms with Gasteiger partial charge in [-0.3, -0.25) is 9.59 Å². The van der Waals surface area contributed by atoms with E-state index in [1.807, 2.05) is 0 Å². The van der Waals surface area contributed by atoms with Gasteiger partial charge in [0.25, 0.3) is 5.91 Å². The minimum atomic E-state index is -1.09. The zero-order valence-electron chi connectivity index (χ0n) is 48.0. The van der Waals surface area contributed by atoms with Gasteiger partial charge in [-0.05, 0) is 189 Å². The van der Waals surface area contributed by atoms with Crippen molar-refractivity contribution in [3.63, 3.8) is 0 Å². The highest BCUT2D eigenvalue weighted by Crippen LogP contribution is 2.73. The van der Waals surface area contributed by atoms with Crippen LogP contribution in [0.4, 0.5) is 0 Å². The van der Waals surface area contributed by atoms with Gasteiger partial charge in [-0.1, -0.05) is 90.8 Å². The van der Waals surface area contributed by atoms with E-state index in [1.54, 1.807) is 12.1 Å². The Labute approximate surface area is 459 Å². The van der Waals surface area contributed by atoms with Gasteiger partial charge < -0.3 is 38.8 Å². The van der Waals surface area contributed by atoms with Crippen LogP contribution in [0, 0.1) is 92.7 Å². The summed E-state index contributed by atoms with van der Waals surface area (Å²) >= 11 is 0. The molecule has 10 fully saturated rings. The van der Waals surface area contributed by atoms with Gasteiger partial charge in [0.15, 0.2) is 11.6 Å². The molecule has 13 rings (SSSR count). The van der Waals surface area contributed by atoms with Crippen LogP contribution < -0.4 is 5.32 Å². The van der Waals surface area contributed by atoms with Gasteiger partial charge in [0.1, 0.15) is 24.0 Å². The number of phenolic OH excluding ortho intramolecular Hbond substituents is 1. The number of phenols is 1. The fourth-order valence-electron chi connectivity index (χ4n) is 21.4. The number of benzene rings is 1. The second-order valence-corrected chi connectivity index (χ2v) is 29.3. The number of carbonyl (C=O) groups is 3. The summed E-state index contributed by atoms with van der Waals surface area (Å²) in [6, 6.07) is 5.25. The van der Waals surface area contributed by atoms with Gasteiger partial charge in [0.05, 0.1) is 31.0 Å². The Morgan fingerprint density at radius 2 is 1.16 bits per heavy atom. The van der Waals surface area contributed by atoms with Crippen LogP contribution in [0.15, 0.2) is 47.6 Å². The number of amides is 1. The van der Waals surface area contributed by atoms with Crippen molar-refractivity contribution in [2.45, 2.75) is 226 Å². The molecule has 4 aliphatic heterocycles. The first-order chi connectivity index (χ1) is 36.8. The molecule has 4 saturated heterocycles. The summed E-state index contributed by atoms with van der Waals surface area (Å²) in [6.45, 7) is 21.2. The average molecular weight is 1060 g/mol. The normalized spacial score (nSPS) is 49.6. The molecule has 1 aromatic rings. The minimum absolute atomic E-state index is 0.0391. The molecule has 12 aliphatic rings. The number of esters is 2. The number of fused-ring (bicyclic) bond motifs is 14. The van der Waals surface area contributed by atoms with Gasteiger partial charge in [-0.15, -0.1) is 0 Å². The number of rotatable bonds is 8. The molecule has 11 heteroatoms. The lowest BCUT2D eigenvalue weighted by molar-refractivity contribution is -0.272. The predicted octanol–water partition coefficient (Wildman–Crippen LogP) is 12.8. The molecule has 23 atom stereocenters. The Bertz CT molecular complexity index is 2540. The summed E-state index contributed by atoms with van der Waals surface area (Å²) in [7, 11) is 0. The molecule has 77 heavy (non-hydrogen) atoms. The third-order valence-electron chi connectivity index (χ3n) is 25.6. The number of carbonyl (C=O) groups excluding carboxylic acids is 3. The number of aromatic hydroxyl groups is 1. The second kappa shape index (κ2) is 19.2. The van der Waals surface area contributed by atoms with Crippen molar-refractivity contribution in [1.82, 2.24) is 5.32 Å². The lowest BCUT2D eigenvalue weighted by atomic mass is 9.47. The fourth-order valence-corrected chi connectivity index (χ4v) is 21.4. The van der Waals surface area contributed by atoms with Gasteiger partial charge >= 0.3 is 11.9 Å². The van der Waals surface area contributed by atoms with E-state index in [0.717, 1.165) is 83.8 Å². The Kier molecular flexibility index (Phi) is 13.2. The molecule has 11 nitrogen and oxygen atoms in total.